The van der Waals surface area contributed by atoms with Crippen LogP contribution in [0.4, 0.5) is 17.6 Å². The Morgan fingerprint density at radius 3 is 2.72 bits per heavy atom. The van der Waals surface area contributed by atoms with Crippen LogP contribution in [0.15, 0.2) is 35.2 Å². The molecule has 4 aromatic rings. The number of halogens is 5. The van der Waals surface area contributed by atoms with Crippen LogP contribution in [0.5, 0.6) is 5.75 Å². The number of aliphatic hydroxyl groups is 2. The van der Waals surface area contributed by atoms with Gasteiger partial charge in [0, 0.05) is 24.0 Å². The predicted octanol–water partition coefficient (Wildman–Crippen LogP) is 2.99. The van der Waals surface area contributed by atoms with Crippen LogP contribution in [0.3, 0.4) is 0 Å². The molecule has 1 aromatic carbocycles. The van der Waals surface area contributed by atoms with Gasteiger partial charge in [0.05, 0.1) is 17.8 Å². The molecule has 4 rings (SSSR count). The summed E-state index contributed by atoms with van der Waals surface area (Å²) in [5.74, 6) is -1.33. The summed E-state index contributed by atoms with van der Waals surface area (Å²) in [6, 6.07) is 2.13. The Morgan fingerprint density at radius 1 is 1.22 bits per heavy atom. The first kappa shape index (κ1) is 21.9. The molecule has 14 heteroatoms. The number of hydrogen-bond acceptors (Lipinski definition) is 8. The standard InChI is InChI=1S/C18H12ClF4N5O4/c19-10-2-13(31-7-8(30)6-29)11(20)1-9(10)16-26-17(32-27-16)12-4-28-5-14(18(21,22)23)24-3-15(28)25-12/h1-5,8,29-30H,6-7H2. The number of fused-ring (bicyclic) bond motifs is 1. The minimum absolute atomic E-state index is 0.00117. The van der Waals surface area contributed by atoms with E-state index in [0.29, 0.717) is 0 Å². The number of rotatable bonds is 6. The summed E-state index contributed by atoms with van der Waals surface area (Å²) in [4.78, 5) is 11.5. The maximum atomic E-state index is 14.3. The van der Waals surface area contributed by atoms with Gasteiger partial charge in [-0.3, -0.25) is 0 Å². The molecule has 0 saturated carbocycles. The van der Waals surface area contributed by atoms with Gasteiger partial charge < -0.3 is 23.9 Å². The third kappa shape index (κ3) is 4.35. The SMILES string of the molecule is OCC(O)COc1cc(Cl)c(-c2noc(-c3cn4cc(C(F)(F)F)ncc4n3)n2)cc1F. The Bertz CT molecular complexity index is 1280. The molecule has 168 valence electrons. The van der Waals surface area contributed by atoms with Crippen LogP contribution in [0.2, 0.25) is 5.02 Å². The zero-order valence-electron chi connectivity index (χ0n) is 15.7. The predicted molar refractivity (Wildman–Crippen MR) is 100 cm³/mol. The van der Waals surface area contributed by atoms with Gasteiger partial charge in [0.2, 0.25) is 5.82 Å². The van der Waals surface area contributed by atoms with Gasteiger partial charge in [-0.2, -0.15) is 18.2 Å². The van der Waals surface area contributed by atoms with E-state index in [4.69, 9.17) is 26.0 Å². The lowest BCUT2D eigenvalue weighted by Crippen LogP contribution is -2.21. The first-order valence-corrected chi connectivity index (χ1v) is 9.20. The second kappa shape index (κ2) is 8.33. The fourth-order valence-electron chi connectivity index (χ4n) is 2.63. The second-order valence-corrected chi connectivity index (χ2v) is 6.90. The van der Waals surface area contributed by atoms with Crippen molar-refractivity contribution >= 4 is 17.2 Å². The molecule has 0 aliphatic rings. The molecule has 32 heavy (non-hydrogen) atoms. The van der Waals surface area contributed by atoms with Gasteiger partial charge in [0.15, 0.2) is 22.9 Å². The lowest BCUT2D eigenvalue weighted by Gasteiger charge is -2.11. The van der Waals surface area contributed by atoms with Crippen LogP contribution in [0.25, 0.3) is 28.6 Å². The third-order valence-electron chi connectivity index (χ3n) is 4.18. The quantitative estimate of drug-likeness (QED) is 0.410. The molecule has 0 amide bonds. The summed E-state index contributed by atoms with van der Waals surface area (Å²) in [5, 5.41) is 21.8. The van der Waals surface area contributed by atoms with Crippen molar-refractivity contribution in [2.45, 2.75) is 12.3 Å². The van der Waals surface area contributed by atoms with Crippen molar-refractivity contribution in [2.75, 3.05) is 13.2 Å². The molecule has 3 aromatic heterocycles. The van der Waals surface area contributed by atoms with Crippen molar-refractivity contribution in [1.82, 2.24) is 24.5 Å². The van der Waals surface area contributed by atoms with Crippen LogP contribution in [0, 0.1) is 5.82 Å². The highest BCUT2D eigenvalue weighted by atomic mass is 35.5. The van der Waals surface area contributed by atoms with E-state index in [2.05, 4.69) is 20.1 Å². The van der Waals surface area contributed by atoms with Crippen LogP contribution in [-0.4, -0.2) is 54.0 Å². The van der Waals surface area contributed by atoms with Crippen LogP contribution in [-0.2, 0) is 6.18 Å². The number of aromatic nitrogens is 5. The molecule has 0 aliphatic heterocycles. The van der Waals surface area contributed by atoms with E-state index in [1.807, 2.05) is 0 Å². The molecular formula is C18H12ClF4N5O4. The third-order valence-corrected chi connectivity index (χ3v) is 4.49. The van der Waals surface area contributed by atoms with Crippen molar-refractivity contribution in [3.05, 3.63) is 47.3 Å². The molecule has 1 unspecified atom stereocenters. The Balaban J connectivity index is 1.62. The fourth-order valence-corrected chi connectivity index (χ4v) is 2.87. The monoisotopic (exact) mass is 473 g/mol. The second-order valence-electron chi connectivity index (χ2n) is 6.49. The number of aliphatic hydroxyl groups excluding tert-OH is 2. The molecule has 0 radical (unpaired) electrons. The van der Waals surface area contributed by atoms with Crippen LogP contribution in [0.1, 0.15) is 5.69 Å². The normalized spacial score (nSPS) is 13.0. The summed E-state index contributed by atoms with van der Waals surface area (Å²) in [5.41, 5.74) is -0.863. The van der Waals surface area contributed by atoms with E-state index in [1.165, 1.54) is 6.20 Å². The van der Waals surface area contributed by atoms with E-state index >= 15 is 0 Å². The highest BCUT2D eigenvalue weighted by Crippen LogP contribution is 2.33. The Kier molecular flexibility index (Phi) is 5.71. The van der Waals surface area contributed by atoms with E-state index in [1.54, 1.807) is 0 Å². The Hall–Kier alpha value is -3.29. The summed E-state index contributed by atoms with van der Waals surface area (Å²) in [6.07, 6.45) is -2.86. The lowest BCUT2D eigenvalue weighted by molar-refractivity contribution is -0.141. The maximum Gasteiger partial charge on any atom is 0.434 e. The van der Waals surface area contributed by atoms with Gasteiger partial charge >= 0.3 is 6.18 Å². The topological polar surface area (TPSA) is 119 Å². The number of benzene rings is 1. The van der Waals surface area contributed by atoms with Crippen LogP contribution < -0.4 is 4.74 Å². The van der Waals surface area contributed by atoms with Crippen molar-refractivity contribution in [1.29, 1.82) is 0 Å². The van der Waals surface area contributed by atoms with Crippen molar-refractivity contribution in [2.24, 2.45) is 0 Å². The summed E-state index contributed by atoms with van der Waals surface area (Å²) in [7, 11) is 0. The first-order chi connectivity index (χ1) is 15.2. The number of ether oxygens (including phenoxy) is 1. The average molecular weight is 474 g/mol. The molecule has 2 N–H and O–H groups in total. The Morgan fingerprint density at radius 2 is 2.00 bits per heavy atom. The molecule has 0 aliphatic carbocycles. The average Bonchev–Trinajstić information content (AvgIpc) is 3.39. The smallest absolute Gasteiger partial charge is 0.434 e. The summed E-state index contributed by atoms with van der Waals surface area (Å²) in [6.45, 7) is -0.913. The molecule has 1 atom stereocenters. The van der Waals surface area contributed by atoms with Crippen molar-refractivity contribution in [3.8, 4) is 28.7 Å². The van der Waals surface area contributed by atoms with Crippen LogP contribution >= 0.6 is 11.6 Å². The molecule has 0 bridgehead atoms. The summed E-state index contributed by atoms with van der Waals surface area (Å²) < 4.78 is 64.1. The molecule has 0 spiro atoms. The van der Waals surface area contributed by atoms with Crippen molar-refractivity contribution in [3.63, 3.8) is 0 Å². The molecule has 0 saturated heterocycles. The number of hydrogen-bond donors (Lipinski definition) is 2. The zero-order chi connectivity index (χ0) is 23.0. The molecule has 0 fully saturated rings. The number of nitrogens with zero attached hydrogens (tertiary/aromatic N) is 5. The van der Waals surface area contributed by atoms with E-state index in [0.717, 1.165) is 28.9 Å². The van der Waals surface area contributed by atoms with E-state index in [9.17, 15) is 22.7 Å². The minimum atomic E-state index is -4.62. The lowest BCUT2D eigenvalue weighted by atomic mass is 10.2. The largest absolute Gasteiger partial charge is 0.488 e. The number of alkyl halides is 3. The van der Waals surface area contributed by atoms with Gasteiger partial charge in [0.25, 0.3) is 5.89 Å². The molecular weight excluding hydrogens is 462 g/mol. The molecule has 3 heterocycles. The first-order valence-electron chi connectivity index (χ1n) is 8.83. The van der Waals surface area contributed by atoms with Crippen molar-refractivity contribution < 1.29 is 37.0 Å². The maximum absolute atomic E-state index is 14.3. The minimum Gasteiger partial charge on any atom is -0.488 e. The van der Waals surface area contributed by atoms with Gasteiger partial charge in [-0.1, -0.05) is 16.8 Å². The summed E-state index contributed by atoms with van der Waals surface area (Å²) >= 11 is 6.15. The Labute approximate surface area is 180 Å². The zero-order valence-corrected chi connectivity index (χ0v) is 16.5. The van der Waals surface area contributed by atoms with Gasteiger partial charge in [-0.15, -0.1) is 0 Å². The van der Waals surface area contributed by atoms with E-state index in [-0.39, 0.29) is 46.0 Å². The molecule has 9 nitrogen and oxygen atoms in total. The van der Waals surface area contributed by atoms with Gasteiger partial charge in [-0.05, 0) is 6.07 Å². The number of imidazole rings is 1. The highest BCUT2D eigenvalue weighted by Gasteiger charge is 2.33. The van der Waals surface area contributed by atoms with Gasteiger partial charge in [0.1, 0.15) is 18.4 Å². The highest BCUT2D eigenvalue weighted by molar-refractivity contribution is 6.33. The van der Waals surface area contributed by atoms with Gasteiger partial charge in [-0.25, -0.2) is 14.4 Å². The van der Waals surface area contributed by atoms with E-state index < -0.39 is 30.4 Å². The fraction of sp³-hybridized carbons (Fsp3) is 0.222.